The lowest BCUT2D eigenvalue weighted by Gasteiger charge is -2.09. The molecule has 4 heteroatoms. The summed E-state index contributed by atoms with van der Waals surface area (Å²) in [7, 11) is 0. The number of carbonyl (C=O) groups is 1. The van der Waals surface area contributed by atoms with Gasteiger partial charge in [0.25, 0.3) is 0 Å². The summed E-state index contributed by atoms with van der Waals surface area (Å²) in [5.41, 5.74) is 1.05. The maximum Gasteiger partial charge on any atom is 0.335 e. The number of carboxylic acids is 1. The Balaban J connectivity index is 2.33. The van der Waals surface area contributed by atoms with Gasteiger partial charge in [-0.1, -0.05) is 23.7 Å². The maximum absolute atomic E-state index is 10.9. The smallest absolute Gasteiger partial charge is 0.335 e. The summed E-state index contributed by atoms with van der Waals surface area (Å²) in [6.45, 7) is 1.85. The maximum atomic E-state index is 10.9. The number of hydrogen-bond donors (Lipinski definition) is 1. The van der Waals surface area contributed by atoms with E-state index in [0.717, 1.165) is 5.56 Å². The second-order valence-corrected chi connectivity index (χ2v) is 4.28. The SMILES string of the molecule is Cc1ccc(C(=O)O)cc1Oc1cccc(Cl)c1. The zero-order valence-electron chi connectivity index (χ0n) is 9.68. The topological polar surface area (TPSA) is 46.5 Å². The molecule has 0 amide bonds. The number of rotatable bonds is 3. The van der Waals surface area contributed by atoms with Gasteiger partial charge in [0, 0.05) is 5.02 Å². The van der Waals surface area contributed by atoms with Crippen molar-refractivity contribution in [3.8, 4) is 11.5 Å². The molecule has 0 saturated heterocycles. The molecule has 0 unspecified atom stereocenters. The Kier molecular flexibility index (Phi) is 3.53. The molecular formula is C14H11ClO3. The molecule has 18 heavy (non-hydrogen) atoms. The summed E-state index contributed by atoms with van der Waals surface area (Å²) in [4.78, 5) is 10.9. The molecule has 0 aliphatic carbocycles. The molecule has 2 aromatic carbocycles. The van der Waals surface area contributed by atoms with Crippen LogP contribution in [0.5, 0.6) is 11.5 Å². The van der Waals surface area contributed by atoms with Crippen LogP contribution in [0.1, 0.15) is 15.9 Å². The van der Waals surface area contributed by atoms with Crippen molar-refractivity contribution in [2.45, 2.75) is 6.92 Å². The number of aromatic carboxylic acids is 1. The minimum atomic E-state index is -0.981. The van der Waals surface area contributed by atoms with Crippen LogP contribution < -0.4 is 4.74 Å². The lowest BCUT2D eigenvalue weighted by molar-refractivity contribution is 0.0696. The van der Waals surface area contributed by atoms with Gasteiger partial charge in [-0.2, -0.15) is 0 Å². The minimum Gasteiger partial charge on any atom is -0.478 e. The predicted molar refractivity (Wildman–Crippen MR) is 69.7 cm³/mol. The number of halogens is 1. The van der Waals surface area contributed by atoms with Crippen molar-refractivity contribution in [1.29, 1.82) is 0 Å². The number of ether oxygens (including phenoxy) is 1. The normalized spacial score (nSPS) is 10.1. The minimum absolute atomic E-state index is 0.192. The molecule has 0 bridgehead atoms. The number of carboxylic acid groups (broad SMARTS) is 1. The highest BCUT2D eigenvalue weighted by Gasteiger charge is 2.08. The average Bonchev–Trinajstić information content (AvgIpc) is 2.31. The van der Waals surface area contributed by atoms with E-state index >= 15 is 0 Å². The van der Waals surface area contributed by atoms with Gasteiger partial charge in [0.05, 0.1) is 5.56 Å². The van der Waals surface area contributed by atoms with E-state index in [9.17, 15) is 4.79 Å². The van der Waals surface area contributed by atoms with Gasteiger partial charge >= 0.3 is 5.97 Å². The fraction of sp³-hybridized carbons (Fsp3) is 0.0714. The summed E-state index contributed by atoms with van der Waals surface area (Å²) < 4.78 is 5.63. The van der Waals surface area contributed by atoms with Gasteiger partial charge < -0.3 is 9.84 Å². The Hall–Kier alpha value is -2.00. The summed E-state index contributed by atoms with van der Waals surface area (Å²) in [5.74, 6) is 0.108. The zero-order chi connectivity index (χ0) is 13.1. The monoisotopic (exact) mass is 262 g/mol. The first-order valence-electron chi connectivity index (χ1n) is 5.33. The van der Waals surface area contributed by atoms with E-state index in [-0.39, 0.29) is 5.56 Å². The Labute approximate surface area is 110 Å². The molecular weight excluding hydrogens is 252 g/mol. The molecule has 0 atom stereocenters. The third-order valence-corrected chi connectivity index (χ3v) is 2.69. The van der Waals surface area contributed by atoms with Crippen molar-refractivity contribution in [3.63, 3.8) is 0 Å². The van der Waals surface area contributed by atoms with E-state index < -0.39 is 5.97 Å². The molecule has 0 fully saturated rings. The average molecular weight is 263 g/mol. The van der Waals surface area contributed by atoms with E-state index in [1.165, 1.54) is 6.07 Å². The molecule has 3 nitrogen and oxygen atoms in total. The summed E-state index contributed by atoms with van der Waals surface area (Å²) in [6, 6.07) is 11.7. The lowest BCUT2D eigenvalue weighted by atomic mass is 10.1. The van der Waals surface area contributed by atoms with Crippen LogP contribution in [-0.2, 0) is 0 Å². The van der Waals surface area contributed by atoms with Crippen molar-refractivity contribution in [1.82, 2.24) is 0 Å². The van der Waals surface area contributed by atoms with Crippen LogP contribution in [-0.4, -0.2) is 11.1 Å². The van der Waals surface area contributed by atoms with Gasteiger partial charge in [-0.25, -0.2) is 4.79 Å². The highest BCUT2D eigenvalue weighted by molar-refractivity contribution is 6.30. The summed E-state index contributed by atoms with van der Waals surface area (Å²) in [6.07, 6.45) is 0. The van der Waals surface area contributed by atoms with E-state index in [1.807, 2.05) is 6.92 Å². The molecule has 2 rings (SSSR count). The molecule has 0 spiro atoms. The lowest BCUT2D eigenvalue weighted by Crippen LogP contribution is -1.97. The van der Waals surface area contributed by atoms with Crippen molar-refractivity contribution in [2.24, 2.45) is 0 Å². The molecule has 0 aliphatic heterocycles. The van der Waals surface area contributed by atoms with Gasteiger partial charge in [0.15, 0.2) is 0 Å². The van der Waals surface area contributed by atoms with Crippen LogP contribution in [0.15, 0.2) is 42.5 Å². The molecule has 92 valence electrons. The largest absolute Gasteiger partial charge is 0.478 e. The second kappa shape index (κ2) is 5.10. The molecule has 0 aromatic heterocycles. The molecule has 0 heterocycles. The highest BCUT2D eigenvalue weighted by Crippen LogP contribution is 2.27. The molecule has 2 aromatic rings. The number of aryl methyl sites for hydroxylation is 1. The van der Waals surface area contributed by atoms with E-state index in [0.29, 0.717) is 16.5 Å². The van der Waals surface area contributed by atoms with Crippen LogP contribution in [0.4, 0.5) is 0 Å². The Morgan fingerprint density at radius 2 is 2.00 bits per heavy atom. The number of benzene rings is 2. The second-order valence-electron chi connectivity index (χ2n) is 3.84. The van der Waals surface area contributed by atoms with E-state index in [4.69, 9.17) is 21.4 Å². The van der Waals surface area contributed by atoms with Crippen LogP contribution in [0, 0.1) is 6.92 Å². The molecule has 0 aliphatic rings. The Bertz CT molecular complexity index is 593. The fourth-order valence-corrected chi connectivity index (χ4v) is 1.68. The van der Waals surface area contributed by atoms with Crippen molar-refractivity contribution in [3.05, 3.63) is 58.6 Å². The van der Waals surface area contributed by atoms with Gasteiger partial charge in [-0.05, 0) is 42.8 Å². The quantitative estimate of drug-likeness (QED) is 0.904. The van der Waals surface area contributed by atoms with Crippen LogP contribution in [0.3, 0.4) is 0 Å². The first kappa shape index (κ1) is 12.5. The van der Waals surface area contributed by atoms with Crippen LogP contribution in [0.2, 0.25) is 5.02 Å². The van der Waals surface area contributed by atoms with Crippen molar-refractivity contribution >= 4 is 17.6 Å². The first-order chi connectivity index (χ1) is 8.56. The summed E-state index contributed by atoms with van der Waals surface area (Å²) >= 11 is 5.86. The predicted octanol–water partition coefficient (Wildman–Crippen LogP) is 4.14. The number of hydrogen-bond acceptors (Lipinski definition) is 2. The third-order valence-electron chi connectivity index (χ3n) is 2.46. The van der Waals surface area contributed by atoms with Gasteiger partial charge in [0.2, 0.25) is 0 Å². The van der Waals surface area contributed by atoms with Gasteiger partial charge in [-0.15, -0.1) is 0 Å². The highest BCUT2D eigenvalue weighted by atomic mass is 35.5. The molecule has 0 saturated carbocycles. The van der Waals surface area contributed by atoms with Crippen LogP contribution in [0.25, 0.3) is 0 Å². The summed E-state index contributed by atoms with van der Waals surface area (Å²) in [5, 5.41) is 9.50. The molecule has 1 N–H and O–H groups in total. The zero-order valence-corrected chi connectivity index (χ0v) is 10.4. The van der Waals surface area contributed by atoms with Crippen molar-refractivity contribution in [2.75, 3.05) is 0 Å². The Morgan fingerprint density at radius 1 is 1.22 bits per heavy atom. The third kappa shape index (κ3) is 2.81. The fourth-order valence-electron chi connectivity index (χ4n) is 1.50. The first-order valence-corrected chi connectivity index (χ1v) is 5.71. The van der Waals surface area contributed by atoms with Crippen molar-refractivity contribution < 1.29 is 14.6 Å². The Morgan fingerprint density at radius 3 is 2.67 bits per heavy atom. The van der Waals surface area contributed by atoms with Gasteiger partial charge in [0.1, 0.15) is 11.5 Å². The van der Waals surface area contributed by atoms with Gasteiger partial charge in [-0.3, -0.25) is 0 Å². The van der Waals surface area contributed by atoms with E-state index in [1.54, 1.807) is 36.4 Å². The molecule has 0 radical (unpaired) electrons. The standard InChI is InChI=1S/C14H11ClO3/c1-9-5-6-10(14(16)17)7-13(9)18-12-4-2-3-11(15)8-12/h2-8H,1H3,(H,16,17). The van der Waals surface area contributed by atoms with E-state index in [2.05, 4.69) is 0 Å². The van der Waals surface area contributed by atoms with Crippen LogP contribution >= 0.6 is 11.6 Å².